The molecule has 2 aromatic carbocycles. The zero-order valence-electron chi connectivity index (χ0n) is 20.7. The maximum atomic E-state index is 14.0. The third-order valence-corrected chi connectivity index (χ3v) is 6.61. The fourth-order valence-corrected chi connectivity index (χ4v) is 4.74. The summed E-state index contributed by atoms with van der Waals surface area (Å²) in [4.78, 5) is 4.13. The minimum Gasteiger partial charge on any atom is -0.496 e. The van der Waals surface area contributed by atoms with E-state index in [-0.39, 0.29) is 18.0 Å². The van der Waals surface area contributed by atoms with Crippen molar-refractivity contribution in [3.8, 4) is 34.2 Å². The number of nitrogens with zero attached hydrogens (tertiary/aromatic N) is 4. The zero-order valence-corrected chi connectivity index (χ0v) is 20.7. The topological polar surface area (TPSA) is 95.4 Å². The predicted molar refractivity (Wildman–Crippen MR) is 126 cm³/mol. The van der Waals surface area contributed by atoms with Gasteiger partial charge in [0.25, 0.3) is 0 Å². The maximum absolute atomic E-state index is 14.0. The number of benzene rings is 2. The quantitative estimate of drug-likeness (QED) is 0.355. The van der Waals surface area contributed by atoms with Crippen LogP contribution in [0, 0.1) is 24.4 Å². The minimum atomic E-state index is -1.60. The lowest BCUT2D eigenvalue weighted by Gasteiger charge is -2.44. The van der Waals surface area contributed by atoms with E-state index in [1.807, 2.05) is 12.1 Å². The van der Waals surface area contributed by atoms with E-state index in [2.05, 4.69) is 15.2 Å². The highest BCUT2D eigenvalue weighted by Gasteiger charge is 2.53. The monoisotopic (exact) mass is 514 g/mol. The van der Waals surface area contributed by atoms with Crippen LogP contribution >= 0.6 is 0 Å². The number of aliphatic hydroxyl groups is 1. The van der Waals surface area contributed by atoms with Crippen LogP contribution in [0.5, 0.6) is 11.5 Å². The van der Waals surface area contributed by atoms with Crippen LogP contribution in [0.3, 0.4) is 0 Å². The van der Waals surface area contributed by atoms with Gasteiger partial charge in [-0.3, -0.25) is 0 Å². The molecule has 0 amide bonds. The van der Waals surface area contributed by atoms with E-state index in [9.17, 15) is 18.3 Å². The number of hydrogen-bond donors (Lipinski definition) is 1. The molecule has 1 unspecified atom stereocenters. The highest BCUT2D eigenvalue weighted by molar-refractivity contribution is 5.71. The molecule has 0 aliphatic carbocycles. The normalized spacial score (nSPS) is 17.5. The standard InChI is InChI=1S/C26H25F3N4O4/c1-14-30-13-21(36-14)17-7-6-15(10-20(17)35-4)23-31-32-24-26(25(2,3)34,8-5-9-33(23)24)37-16-11-18(27)22(29)19(28)12-16/h6-7,10-13,34H,5,8-9H2,1-4H3. The Morgan fingerprint density at radius 3 is 2.46 bits per heavy atom. The van der Waals surface area contributed by atoms with Crippen LogP contribution in [0.1, 0.15) is 38.4 Å². The van der Waals surface area contributed by atoms with Crippen molar-refractivity contribution in [3.05, 3.63) is 65.7 Å². The van der Waals surface area contributed by atoms with Gasteiger partial charge in [-0.15, -0.1) is 10.2 Å². The van der Waals surface area contributed by atoms with Crippen molar-refractivity contribution in [1.29, 1.82) is 0 Å². The number of ether oxygens (including phenoxy) is 2. The van der Waals surface area contributed by atoms with E-state index in [1.165, 1.54) is 13.8 Å². The summed E-state index contributed by atoms with van der Waals surface area (Å²) in [7, 11) is 1.54. The van der Waals surface area contributed by atoms with Crippen LogP contribution in [0.2, 0.25) is 0 Å². The molecule has 0 fully saturated rings. The van der Waals surface area contributed by atoms with Crippen LogP contribution < -0.4 is 9.47 Å². The van der Waals surface area contributed by atoms with E-state index in [4.69, 9.17) is 13.9 Å². The van der Waals surface area contributed by atoms with Gasteiger partial charge in [-0.2, -0.15) is 0 Å². The Balaban J connectivity index is 1.60. The molecule has 37 heavy (non-hydrogen) atoms. The maximum Gasteiger partial charge on any atom is 0.196 e. The predicted octanol–water partition coefficient (Wildman–Crippen LogP) is 5.17. The molecular formula is C26H25F3N4O4. The third-order valence-electron chi connectivity index (χ3n) is 6.61. The van der Waals surface area contributed by atoms with Gasteiger partial charge in [0.05, 0.1) is 18.9 Å². The van der Waals surface area contributed by atoms with Crippen LogP contribution in [0.15, 0.2) is 40.9 Å². The highest BCUT2D eigenvalue weighted by Crippen LogP contribution is 2.45. The van der Waals surface area contributed by atoms with E-state index in [0.717, 1.165) is 12.1 Å². The lowest BCUT2D eigenvalue weighted by atomic mass is 9.79. The summed E-state index contributed by atoms with van der Waals surface area (Å²) in [5, 5.41) is 19.9. The molecule has 0 radical (unpaired) electrons. The first kappa shape index (κ1) is 24.8. The molecule has 0 saturated heterocycles. The Morgan fingerprint density at radius 1 is 1.11 bits per heavy atom. The number of aromatic nitrogens is 4. The summed E-state index contributed by atoms with van der Waals surface area (Å²) in [5.41, 5.74) is -1.68. The lowest BCUT2D eigenvalue weighted by molar-refractivity contribution is -0.137. The van der Waals surface area contributed by atoms with Gasteiger partial charge in [0.2, 0.25) is 0 Å². The van der Waals surface area contributed by atoms with Gasteiger partial charge in [0.1, 0.15) is 17.1 Å². The SMILES string of the molecule is COc1cc(-c2nnc3n2CCCC3(Oc2cc(F)c(F)c(F)c2)C(C)(C)O)ccc1-c1cnc(C)o1. The van der Waals surface area contributed by atoms with Gasteiger partial charge in [0.15, 0.2) is 46.4 Å². The molecule has 1 atom stereocenters. The van der Waals surface area contributed by atoms with Crippen LogP contribution in [0.4, 0.5) is 13.2 Å². The zero-order chi connectivity index (χ0) is 26.5. The molecule has 1 N–H and O–H groups in total. The van der Waals surface area contributed by atoms with Gasteiger partial charge in [-0.1, -0.05) is 6.07 Å². The first-order valence-electron chi connectivity index (χ1n) is 11.6. The van der Waals surface area contributed by atoms with Crippen LogP contribution in [-0.2, 0) is 12.1 Å². The average Bonchev–Trinajstić information content (AvgIpc) is 3.48. The second-order valence-electron chi connectivity index (χ2n) is 9.45. The summed E-state index contributed by atoms with van der Waals surface area (Å²) >= 11 is 0. The van der Waals surface area contributed by atoms with Crippen molar-refractivity contribution in [2.45, 2.75) is 51.4 Å². The van der Waals surface area contributed by atoms with Crippen LogP contribution in [0.25, 0.3) is 22.7 Å². The third kappa shape index (κ3) is 4.12. The number of methoxy groups -OCH3 is 1. The summed E-state index contributed by atoms with van der Waals surface area (Å²) in [5.74, 6) is -2.29. The lowest BCUT2D eigenvalue weighted by Crippen LogP contribution is -2.55. The molecule has 1 aliphatic rings. The van der Waals surface area contributed by atoms with E-state index in [1.54, 1.807) is 30.9 Å². The molecule has 0 spiro atoms. The van der Waals surface area contributed by atoms with Gasteiger partial charge in [-0.25, -0.2) is 18.2 Å². The molecular weight excluding hydrogens is 489 g/mol. The summed E-state index contributed by atoms with van der Waals surface area (Å²) in [6, 6.07) is 6.94. The van der Waals surface area contributed by atoms with Gasteiger partial charge in [0, 0.05) is 31.2 Å². The first-order chi connectivity index (χ1) is 17.5. The molecule has 5 rings (SSSR count). The Morgan fingerprint density at radius 2 is 1.84 bits per heavy atom. The molecule has 8 nitrogen and oxygen atoms in total. The highest BCUT2D eigenvalue weighted by atomic mass is 19.2. The second-order valence-corrected chi connectivity index (χ2v) is 9.45. The van der Waals surface area contributed by atoms with E-state index in [0.29, 0.717) is 47.3 Å². The van der Waals surface area contributed by atoms with Gasteiger partial charge >= 0.3 is 0 Å². The first-order valence-corrected chi connectivity index (χ1v) is 11.6. The summed E-state index contributed by atoms with van der Waals surface area (Å²) in [6.45, 7) is 5.30. The molecule has 4 aromatic rings. The van der Waals surface area contributed by atoms with Crippen molar-refractivity contribution in [2.75, 3.05) is 7.11 Å². The van der Waals surface area contributed by atoms with Crippen molar-refractivity contribution in [2.24, 2.45) is 0 Å². The second kappa shape index (κ2) is 8.91. The molecule has 0 saturated carbocycles. The minimum absolute atomic E-state index is 0.273. The van der Waals surface area contributed by atoms with Crippen LogP contribution in [-0.4, -0.2) is 37.6 Å². The number of fused-ring (bicyclic) bond motifs is 1. The molecule has 0 bridgehead atoms. The molecule has 3 heterocycles. The number of aryl methyl sites for hydroxylation is 1. The number of rotatable bonds is 6. The Labute approximate surface area is 210 Å². The number of hydrogen-bond acceptors (Lipinski definition) is 7. The molecule has 2 aromatic heterocycles. The van der Waals surface area contributed by atoms with Crippen molar-refractivity contribution < 1.29 is 32.2 Å². The molecule has 11 heteroatoms. The number of halogens is 3. The number of oxazole rings is 1. The Kier molecular flexibility index (Phi) is 5.98. The van der Waals surface area contributed by atoms with Crippen molar-refractivity contribution >= 4 is 0 Å². The van der Waals surface area contributed by atoms with Gasteiger partial charge < -0.3 is 23.6 Å². The molecule has 194 valence electrons. The van der Waals surface area contributed by atoms with E-state index < -0.39 is 28.7 Å². The summed E-state index contributed by atoms with van der Waals surface area (Å²) in [6.07, 6.45) is 2.44. The molecule has 1 aliphatic heterocycles. The van der Waals surface area contributed by atoms with Crippen molar-refractivity contribution in [1.82, 2.24) is 19.7 Å². The Hall–Kier alpha value is -3.86. The van der Waals surface area contributed by atoms with E-state index >= 15 is 0 Å². The van der Waals surface area contributed by atoms with Gasteiger partial charge in [-0.05, 0) is 38.8 Å². The fraction of sp³-hybridized carbons (Fsp3) is 0.346. The smallest absolute Gasteiger partial charge is 0.196 e. The Bertz CT molecular complexity index is 1450. The fourth-order valence-electron chi connectivity index (χ4n) is 4.74. The largest absolute Gasteiger partial charge is 0.496 e. The van der Waals surface area contributed by atoms with Crippen molar-refractivity contribution in [3.63, 3.8) is 0 Å². The summed E-state index contributed by atoms with van der Waals surface area (Å²) < 4.78 is 60.5. The average molecular weight is 515 g/mol.